The molecule has 0 aliphatic carbocycles. The van der Waals surface area contributed by atoms with Crippen LogP contribution in [0.15, 0.2) is 60.7 Å². The number of hydrogen-bond donors (Lipinski definition) is 0. The molecule has 0 aliphatic heterocycles. The molecule has 0 bridgehead atoms. The van der Waals surface area contributed by atoms with Crippen molar-refractivity contribution in [2.75, 3.05) is 0 Å². The van der Waals surface area contributed by atoms with Crippen LogP contribution in [0.1, 0.15) is 17.2 Å². The lowest BCUT2D eigenvalue weighted by Crippen LogP contribution is -2.36. The van der Waals surface area contributed by atoms with E-state index in [-0.39, 0.29) is 0 Å². The Labute approximate surface area is 144 Å². The van der Waals surface area contributed by atoms with Gasteiger partial charge in [0.25, 0.3) is 5.82 Å². The van der Waals surface area contributed by atoms with E-state index in [9.17, 15) is 4.57 Å². The van der Waals surface area contributed by atoms with Gasteiger partial charge >= 0.3 is 0 Å². The molecular weight excluding hydrogens is 315 g/mol. The molecular formula is C20H24N2OP+. The molecule has 24 heavy (non-hydrogen) atoms. The minimum Gasteiger partial charge on any atom is -0.313 e. The predicted molar refractivity (Wildman–Crippen MR) is 99.5 cm³/mol. The SMILES string of the molecule is Cc1c(C)[n+](C)c(CP(=O)(c2ccccc2)c2ccccc2)n1C. The molecule has 3 rings (SSSR count). The van der Waals surface area contributed by atoms with Gasteiger partial charge in [-0.2, -0.15) is 0 Å². The smallest absolute Gasteiger partial charge is 0.264 e. The van der Waals surface area contributed by atoms with Crippen molar-refractivity contribution in [3.05, 3.63) is 77.9 Å². The van der Waals surface area contributed by atoms with E-state index in [1.807, 2.05) is 60.7 Å². The molecule has 0 amide bonds. The van der Waals surface area contributed by atoms with Crippen molar-refractivity contribution in [2.45, 2.75) is 20.0 Å². The first kappa shape index (κ1) is 16.7. The van der Waals surface area contributed by atoms with E-state index in [1.54, 1.807) is 0 Å². The molecule has 0 fully saturated rings. The lowest BCUT2D eigenvalue weighted by Gasteiger charge is -2.18. The van der Waals surface area contributed by atoms with E-state index < -0.39 is 7.14 Å². The second kappa shape index (κ2) is 6.41. The summed E-state index contributed by atoms with van der Waals surface area (Å²) >= 11 is 0. The van der Waals surface area contributed by atoms with Gasteiger partial charge in [0.05, 0.1) is 14.1 Å². The van der Waals surface area contributed by atoms with Crippen LogP contribution in [0.3, 0.4) is 0 Å². The number of rotatable bonds is 4. The third-order valence-electron chi connectivity index (χ3n) is 5.01. The van der Waals surface area contributed by atoms with Gasteiger partial charge in [0, 0.05) is 24.5 Å². The summed E-state index contributed by atoms with van der Waals surface area (Å²) in [6.45, 7) is 4.21. The predicted octanol–water partition coefficient (Wildman–Crippen LogP) is 2.98. The van der Waals surface area contributed by atoms with Crippen molar-refractivity contribution >= 4 is 17.8 Å². The van der Waals surface area contributed by atoms with Gasteiger partial charge in [0.15, 0.2) is 7.14 Å². The fraction of sp³-hybridized carbons (Fsp3) is 0.250. The third-order valence-corrected chi connectivity index (χ3v) is 8.01. The average Bonchev–Trinajstić information content (AvgIpc) is 2.81. The summed E-state index contributed by atoms with van der Waals surface area (Å²) in [5, 5.41) is 1.82. The van der Waals surface area contributed by atoms with Gasteiger partial charge in [0.2, 0.25) is 0 Å². The molecule has 0 spiro atoms. The van der Waals surface area contributed by atoms with E-state index >= 15 is 0 Å². The van der Waals surface area contributed by atoms with Crippen LogP contribution in [0.2, 0.25) is 0 Å². The molecule has 2 aromatic carbocycles. The Morgan fingerprint density at radius 1 is 0.917 bits per heavy atom. The number of nitrogens with zero attached hydrogens (tertiary/aromatic N) is 2. The summed E-state index contributed by atoms with van der Waals surface area (Å²) in [6.07, 6.45) is 0.517. The van der Waals surface area contributed by atoms with Crippen LogP contribution in [-0.2, 0) is 24.8 Å². The van der Waals surface area contributed by atoms with E-state index in [0.717, 1.165) is 16.4 Å². The molecule has 0 saturated heterocycles. The van der Waals surface area contributed by atoms with Crippen LogP contribution in [0.25, 0.3) is 0 Å². The summed E-state index contributed by atoms with van der Waals surface area (Å²) in [6, 6.07) is 19.7. The van der Waals surface area contributed by atoms with Gasteiger partial charge in [-0.05, 0) is 0 Å². The largest absolute Gasteiger partial charge is 0.313 e. The Bertz CT molecular complexity index is 829. The van der Waals surface area contributed by atoms with Gasteiger partial charge in [-0.25, -0.2) is 9.13 Å². The van der Waals surface area contributed by atoms with Crippen LogP contribution < -0.4 is 15.2 Å². The van der Waals surface area contributed by atoms with Crippen LogP contribution in [0.4, 0.5) is 0 Å². The van der Waals surface area contributed by atoms with E-state index in [0.29, 0.717) is 6.16 Å². The maximum absolute atomic E-state index is 14.2. The first-order valence-corrected chi connectivity index (χ1v) is 10.1. The first-order chi connectivity index (χ1) is 11.4. The Kier molecular flexibility index (Phi) is 4.47. The molecule has 0 saturated carbocycles. The van der Waals surface area contributed by atoms with Crippen LogP contribution in [-0.4, -0.2) is 4.57 Å². The van der Waals surface area contributed by atoms with Crippen molar-refractivity contribution in [3.63, 3.8) is 0 Å². The van der Waals surface area contributed by atoms with Crippen molar-refractivity contribution < 1.29 is 9.13 Å². The number of hydrogen-bond acceptors (Lipinski definition) is 1. The number of benzene rings is 2. The van der Waals surface area contributed by atoms with Crippen molar-refractivity contribution in [2.24, 2.45) is 14.1 Å². The Morgan fingerprint density at radius 3 is 1.75 bits per heavy atom. The van der Waals surface area contributed by atoms with E-state index in [1.165, 1.54) is 11.4 Å². The normalized spacial score (nSPS) is 11.7. The van der Waals surface area contributed by atoms with Gasteiger partial charge in [-0.3, -0.25) is 0 Å². The molecule has 0 aliphatic rings. The fourth-order valence-electron chi connectivity index (χ4n) is 3.18. The molecule has 0 atom stereocenters. The standard InChI is InChI=1S/C20H24N2OP/c1-16-17(2)22(4)20(21(16)3)15-24(23,18-11-7-5-8-12-18)19-13-9-6-10-14-19/h5-14H,15H2,1-4H3/q+1. The average molecular weight is 339 g/mol. The van der Waals surface area contributed by atoms with E-state index in [2.05, 4.69) is 37.1 Å². The molecule has 3 aromatic rings. The highest BCUT2D eigenvalue weighted by Crippen LogP contribution is 2.46. The first-order valence-electron chi connectivity index (χ1n) is 8.16. The van der Waals surface area contributed by atoms with Gasteiger partial charge < -0.3 is 4.57 Å². The maximum Gasteiger partial charge on any atom is 0.264 e. The van der Waals surface area contributed by atoms with Gasteiger partial charge in [0.1, 0.15) is 17.5 Å². The summed E-state index contributed by atoms with van der Waals surface area (Å²) in [4.78, 5) is 0. The molecule has 1 aromatic heterocycles. The third kappa shape index (κ3) is 2.74. The van der Waals surface area contributed by atoms with Gasteiger partial charge in [-0.1, -0.05) is 60.7 Å². The molecule has 1 heterocycles. The topological polar surface area (TPSA) is 25.9 Å². The summed E-state index contributed by atoms with van der Waals surface area (Å²) in [7, 11) is 1.36. The summed E-state index contributed by atoms with van der Waals surface area (Å²) in [5.41, 5.74) is 2.42. The van der Waals surface area contributed by atoms with Crippen molar-refractivity contribution in [1.29, 1.82) is 0 Å². The summed E-state index contributed by atoms with van der Waals surface area (Å²) in [5.74, 6) is 1.08. The highest BCUT2D eigenvalue weighted by Gasteiger charge is 2.34. The fourth-order valence-corrected chi connectivity index (χ4v) is 5.97. The molecule has 0 radical (unpaired) electrons. The molecule has 0 N–H and O–H groups in total. The Hall–Kier alpha value is -2.12. The molecule has 0 unspecified atom stereocenters. The highest BCUT2D eigenvalue weighted by molar-refractivity contribution is 7.78. The lowest BCUT2D eigenvalue weighted by molar-refractivity contribution is -0.683. The monoisotopic (exact) mass is 339 g/mol. The maximum atomic E-state index is 14.2. The van der Waals surface area contributed by atoms with Crippen LogP contribution in [0, 0.1) is 13.8 Å². The number of aromatic nitrogens is 2. The quantitative estimate of drug-likeness (QED) is 0.530. The Balaban J connectivity index is 2.18. The zero-order valence-corrected chi connectivity index (χ0v) is 15.6. The van der Waals surface area contributed by atoms with Gasteiger partial charge in [-0.15, -0.1) is 0 Å². The van der Waals surface area contributed by atoms with Crippen molar-refractivity contribution in [3.8, 4) is 0 Å². The van der Waals surface area contributed by atoms with Crippen LogP contribution >= 0.6 is 7.14 Å². The highest BCUT2D eigenvalue weighted by atomic mass is 31.2. The lowest BCUT2D eigenvalue weighted by atomic mass is 10.4. The Morgan fingerprint density at radius 2 is 1.38 bits per heavy atom. The number of imidazole rings is 1. The van der Waals surface area contributed by atoms with Crippen LogP contribution in [0.5, 0.6) is 0 Å². The summed E-state index contributed by atoms with van der Waals surface area (Å²) < 4.78 is 18.5. The molecule has 4 heteroatoms. The molecule has 3 nitrogen and oxygen atoms in total. The van der Waals surface area contributed by atoms with Crippen molar-refractivity contribution in [1.82, 2.24) is 4.57 Å². The second-order valence-corrected chi connectivity index (χ2v) is 9.10. The zero-order chi connectivity index (χ0) is 17.3. The second-order valence-electron chi connectivity index (χ2n) is 6.27. The van der Waals surface area contributed by atoms with E-state index in [4.69, 9.17) is 0 Å². The minimum atomic E-state index is -2.75. The zero-order valence-electron chi connectivity index (χ0n) is 14.7. The molecule has 124 valence electrons. The minimum absolute atomic E-state index is 0.517.